The molecule has 0 amide bonds. The van der Waals surface area contributed by atoms with Crippen LogP contribution in [0.25, 0.3) is 21.9 Å². The van der Waals surface area contributed by atoms with Gasteiger partial charge in [0.2, 0.25) is 0 Å². The van der Waals surface area contributed by atoms with Crippen molar-refractivity contribution in [2.75, 3.05) is 6.61 Å². The lowest BCUT2D eigenvalue weighted by molar-refractivity contribution is -0.0515. The monoisotopic (exact) mass is 428 g/mol. The molecular formula is C26H27F3O2. The maximum Gasteiger partial charge on any atom is 0.387 e. The number of rotatable bonds is 10. The summed E-state index contributed by atoms with van der Waals surface area (Å²) in [4.78, 5) is 0. The minimum Gasteiger partial charge on any atom is -0.483 e. The van der Waals surface area contributed by atoms with Gasteiger partial charge in [-0.25, -0.2) is 4.39 Å². The minimum atomic E-state index is -3.08. The van der Waals surface area contributed by atoms with Crippen molar-refractivity contribution in [2.45, 2.75) is 46.1 Å². The topological polar surface area (TPSA) is 18.5 Å². The maximum absolute atomic E-state index is 15.1. The van der Waals surface area contributed by atoms with E-state index in [9.17, 15) is 8.78 Å². The van der Waals surface area contributed by atoms with Gasteiger partial charge in [-0.2, -0.15) is 8.78 Å². The van der Waals surface area contributed by atoms with Gasteiger partial charge >= 0.3 is 6.61 Å². The van der Waals surface area contributed by atoms with E-state index in [1.807, 2.05) is 18.2 Å². The first-order chi connectivity index (χ1) is 15.0. The molecular weight excluding hydrogens is 401 g/mol. The number of benzene rings is 3. The molecule has 5 heteroatoms. The Hall–Kier alpha value is -2.95. The molecule has 3 aromatic rings. The van der Waals surface area contributed by atoms with E-state index in [0.29, 0.717) is 5.39 Å². The van der Waals surface area contributed by atoms with Gasteiger partial charge in [-0.15, -0.1) is 0 Å². The highest BCUT2D eigenvalue weighted by Crippen LogP contribution is 2.39. The lowest BCUT2D eigenvalue weighted by Gasteiger charge is -2.15. The molecule has 0 aliphatic carbocycles. The van der Waals surface area contributed by atoms with Gasteiger partial charge < -0.3 is 9.47 Å². The fourth-order valence-electron chi connectivity index (χ4n) is 3.49. The Morgan fingerprint density at radius 3 is 2.39 bits per heavy atom. The van der Waals surface area contributed by atoms with E-state index in [0.717, 1.165) is 24.0 Å². The van der Waals surface area contributed by atoms with Gasteiger partial charge in [0.1, 0.15) is 6.61 Å². The SMILES string of the molecule is CC=CCOc1c(OC(F)F)cc2cc(-c3ccc(CCCCC)cc3)ccc2c1F. The van der Waals surface area contributed by atoms with Gasteiger partial charge in [-0.05, 0) is 54.0 Å². The number of aryl methyl sites for hydroxylation is 1. The van der Waals surface area contributed by atoms with Gasteiger partial charge in [0.15, 0.2) is 17.3 Å². The molecule has 0 saturated carbocycles. The lowest BCUT2D eigenvalue weighted by atomic mass is 9.98. The summed E-state index contributed by atoms with van der Waals surface area (Å²) in [5.41, 5.74) is 3.13. The molecule has 0 spiro atoms. The molecule has 0 aromatic heterocycles. The number of hydrogen-bond donors (Lipinski definition) is 0. The summed E-state index contributed by atoms with van der Waals surface area (Å²) in [6, 6.07) is 14.9. The van der Waals surface area contributed by atoms with Gasteiger partial charge in [-0.3, -0.25) is 0 Å². The van der Waals surface area contributed by atoms with Crippen molar-refractivity contribution in [1.29, 1.82) is 0 Å². The first-order valence-corrected chi connectivity index (χ1v) is 10.6. The Balaban J connectivity index is 1.94. The molecule has 0 bridgehead atoms. The number of halogens is 3. The second-order valence-electron chi connectivity index (χ2n) is 7.37. The van der Waals surface area contributed by atoms with Crippen LogP contribution in [0.1, 0.15) is 38.7 Å². The molecule has 0 fully saturated rings. The average molecular weight is 428 g/mol. The predicted molar refractivity (Wildman–Crippen MR) is 120 cm³/mol. The molecule has 0 heterocycles. The number of hydrogen-bond acceptors (Lipinski definition) is 2. The van der Waals surface area contributed by atoms with E-state index >= 15 is 4.39 Å². The fourth-order valence-corrected chi connectivity index (χ4v) is 3.49. The van der Waals surface area contributed by atoms with Crippen molar-refractivity contribution in [3.63, 3.8) is 0 Å². The molecule has 0 unspecified atom stereocenters. The molecule has 0 aliphatic heterocycles. The number of allylic oxidation sites excluding steroid dienone is 1. The maximum atomic E-state index is 15.1. The summed E-state index contributed by atoms with van der Waals surface area (Å²) in [6.45, 7) is 0.946. The van der Waals surface area contributed by atoms with Gasteiger partial charge in [0.05, 0.1) is 0 Å². The zero-order valence-corrected chi connectivity index (χ0v) is 17.8. The van der Waals surface area contributed by atoms with Crippen molar-refractivity contribution < 1.29 is 22.6 Å². The highest BCUT2D eigenvalue weighted by molar-refractivity contribution is 5.90. The molecule has 2 nitrogen and oxygen atoms in total. The first-order valence-electron chi connectivity index (χ1n) is 10.6. The largest absolute Gasteiger partial charge is 0.483 e. The number of fused-ring (bicyclic) bond motifs is 1. The minimum absolute atomic E-state index is 0.0568. The van der Waals surface area contributed by atoms with Crippen molar-refractivity contribution in [1.82, 2.24) is 0 Å². The molecule has 0 atom stereocenters. The Kier molecular flexibility index (Phi) is 7.99. The molecule has 164 valence electrons. The normalized spacial score (nSPS) is 11.5. The summed E-state index contributed by atoms with van der Waals surface area (Å²) < 4.78 is 50.8. The van der Waals surface area contributed by atoms with Crippen molar-refractivity contribution in [3.8, 4) is 22.6 Å². The van der Waals surface area contributed by atoms with Crippen LogP contribution >= 0.6 is 0 Å². The lowest BCUT2D eigenvalue weighted by Crippen LogP contribution is -2.06. The average Bonchev–Trinajstić information content (AvgIpc) is 2.76. The standard InChI is InChI=1S/C26H27F3O2/c1-3-5-7-8-18-9-11-19(12-10-18)20-13-14-22-21(16-20)17-23(31-26(28)29)25(24(22)27)30-15-6-4-2/h4,6,9-14,16-17,26H,3,5,7-8,15H2,1-2H3. The quantitative estimate of drug-likeness (QED) is 0.241. The summed E-state index contributed by atoms with van der Waals surface area (Å²) >= 11 is 0. The van der Waals surface area contributed by atoms with Gasteiger partial charge in [0, 0.05) is 5.39 Å². The van der Waals surface area contributed by atoms with Crippen molar-refractivity contribution in [3.05, 3.63) is 72.1 Å². The van der Waals surface area contributed by atoms with Crippen LogP contribution in [-0.4, -0.2) is 13.2 Å². The highest BCUT2D eigenvalue weighted by Gasteiger charge is 2.19. The van der Waals surface area contributed by atoms with Crippen LogP contribution in [0.2, 0.25) is 0 Å². The molecule has 3 aromatic carbocycles. The van der Waals surface area contributed by atoms with Crippen LogP contribution in [0.15, 0.2) is 60.7 Å². The third kappa shape index (κ3) is 5.81. The molecule has 31 heavy (non-hydrogen) atoms. The smallest absolute Gasteiger partial charge is 0.387 e. The van der Waals surface area contributed by atoms with Crippen molar-refractivity contribution in [2.24, 2.45) is 0 Å². The van der Waals surface area contributed by atoms with Crippen molar-refractivity contribution >= 4 is 10.8 Å². The van der Waals surface area contributed by atoms with E-state index in [-0.39, 0.29) is 23.5 Å². The van der Waals surface area contributed by atoms with Crippen LogP contribution in [0, 0.1) is 5.82 Å². The number of unbranched alkanes of at least 4 members (excludes halogenated alkanes) is 2. The summed E-state index contributed by atoms with van der Waals surface area (Å²) in [6.07, 6.45) is 7.99. The van der Waals surface area contributed by atoms with Crippen LogP contribution in [0.5, 0.6) is 11.5 Å². The predicted octanol–water partition coefficient (Wildman–Crippen LogP) is 7.93. The van der Waals surface area contributed by atoms with E-state index in [4.69, 9.17) is 4.74 Å². The van der Waals surface area contributed by atoms with E-state index in [1.165, 1.54) is 24.5 Å². The van der Waals surface area contributed by atoms with Gasteiger partial charge in [0.25, 0.3) is 0 Å². The summed E-state index contributed by atoms with van der Waals surface area (Å²) in [5.74, 6) is -1.33. The van der Waals surface area contributed by atoms with E-state index < -0.39 is 12.4 Å². The van der Waals surface area contributed by atoms with Crippen LogP contribution in [0.4, 0.5) is 13.2 Å². The van der Waals surface area contributed by atoms with Crippen LogP contribution < -0.4 is 9.47 Å². The van der Waals surface area contributed by atoms with Crippen LogP contribution in [-0.2, 0) is 6.42 Å². The highest BCUT2D eigenvalue weighted by atomic mass is 19.3. The van der Waals surface area contributed by atoms with Gasteiger partial charge in [-0.1, -0.05) is 68.3 Å². The van der Waals surface area contributed by atoms with Crippen LogP contribution in [0.3, 0.4) is 0 Å². The van der Waals surface area contributed by atoms with E-state index in [2.05, 4.69) is 23.8 Å². The Morgan fingerprint density at radius 2 is 1.71 bits per heavy atom. The molecule has 0 aliphatic rings. The first kappa shape index (κ1) is 22.7. The molecule has 0 saturated heterocycles. The Bertz CT molecular complexity index is 1030. The number of ether oxygens (including phenoxy) is 2. The fraction of sp³-hybridized carbons (Fsp3) is 0.308. The second kappa shape index (κ2) is 10.9. The molecule has 0 radical (unpaired) electrons. The zero-order valence-electron chi connectivity index (χ0n) is 17.8. The third-order valence-electron chi connectivity index (χ3n) is 5.13. The summed E-state index contributed by atoms with van der Waals surface area (Å²) in [5, 5.41) is 0.757. The molecule has 0 N–H and O–H groups in total. The third-order valence-corrected chi connectivity index (χ3v) is 5.13. The molecule has 3 rings (SSSR count). The number of alkyl halides is 2. The zero-order chi connectivity index (χ0) is 22.2. The Morgan fingerprint density at radius 1 is 0.968 bits per heavy atom. The Labute approximate surface area is 181 Å². The second-order valence-corrected chi connectivity index (χ2v) is 7.37. The summed E-state index contributed by atoms with van der Waals surface area (Å²) in [7, 11) is 0. The van der Waals surface area contributed by atoms with E-state index in [1.54, 1.807) is 31.2 Å².